The highest BCUT2D eigenvalue weighted by Crippen LogP contribution is 2.14. The minimum absolute atomic E-state index is 0.0872. The summed E-state index contributed by atoms with van der Waals surface area (Å²) in [6, 6.07) is 7.77. The van der Waals surface area contributed by atoms with Gasteiger partial charge in [0.05, 0.1) is 18.6 Å². The SMILES string of the molecule is C#CCN(CC(=O)OC)S(=O)(=O)c1ccccc1. The summed E-state index contributed by atoms with van der Waals surface area (Å²) in [6.07, 6.45) is 5.11. The number of hydrogen-bond acceptors (Lipinski definition) is 4. The molecular formula is C12H13NO4S. The molecule has 0 N–H and O–H groups in total. The summed E-state index contributed by atoms with van der Waals surface area (Å²) in [5, 5.41) is 0. The Morgan fingerprint density at radius 1 is 1.39 bits per heavy atom. The number of terminal acetylenes is 1. The predicted molar refractivity (Wildman–Crippen MR) is 66.0 cm³/mol. The average molecular weight is 267 g/mol. The van der Waals surface area contributed by atoms with E-state index in [1.807, 2.05) is 0 Å². The summed E-state index contributed by atoms with van der Waals surface area (Å²) < 4.78 is 29.7. The van der Waals surface area contributed by atoms with Gasteiger partial charge in [0.2, 0.25) is 10.0 Å². The summed E-state index contributed by atoms with van der Waals surface area (Å²) in [6.45, 7) is -0.593. The van der Waals surface area contributed by atoms with Crippen LogP contribution in [0.1, 0.15) is 0 Å². The molecule has 0 spiro atoms. The Balaban J connectivity index is 3.06. The van der Waals surface area contributed by atoms with Crippen LogP contribution in [-0.2, 0) is 19.6 Å². The largest absolute Gasteiger partial charge is 0.468 e. The van der Waals surface area contributed by atoms with E-state index < -0.39 is 22.5 Å². The van der Waals surface area contributed by atoms with Gasteiger partial charge in [-0.15, -0.1) is 6.42 Å². The van der Waals surface area contributed by atoms with Crippen molar-refractivity contribution in [2.45, 2.75) is 4.90 Å². The molecule has 0 heterocycles. The van der Waals surface area contributed by atoms with Crippen molar-refractivity contribution in [3.63, 3.8) is 0 Å². The number of hydrogen-bond donors (Lipinski definition) is 0. The van der Waals surface area contributed by atoms with Gasteiger partial charge in [-0.25, -0.2) is 8.42 Å². The second kappa shape index (κ2) is 6.19. The number of ether oxygens (including phenoxy) is 1. The number of sulfonamides is 1. The second-order valence-electron chi connectivity index (χ2n) is 3.37. The van der Waals surface area contributed by atoms with Crippen molar-refractivity contribution in [3.8, 4) is 12.3 Å². The molecule has 0 radical (unpaired) electrons. The smallest absolute Gasteiger partial charge is 0.321 e. The van der Waals surface area contributed by atoms with E-state index in [0.29, 0.717) is 0 Å². The number of methoxy groups -OCH3 is 1. The van der Waals surface area contributed by atoms with Gasteiger partial charge in [-0.05, 0) is 12.1 Å². The zero-order valence-electron chi connectivity index (χ0n) is 9.87. The van der Waals surface area contributed by atoms with Gasteiger partial charge in [0, 0.05) is 0 Å². The van der Waals surface area contributed by atoms with E-state index in [1.54, 1.807) is 18.2 Å². The Kier molecular flexibility index (Phi) is 4.89. The van der Waals surface area contributed by atoms with E-state index in [1.165, 1.54) is 19.2 Å². The molecular weight excluding hydrogens is 254 g/mol. The van der Waals surface area contributed by atoms with Crippen LogP contribution in [0.4, 0.5) is 0 Å². The Hall–Kier alpha value is -1.84. The summed E-state index contributed by atoms with van der Waals surface area (Å²) in [7, 11) is -2.59. The van der Waals surface area contributed by atoms with Crippen molar-refractivity contribution in [1.29, 1.82) is 0 Å². The molecule has 0 amide bonds. The summed E-state index contributed by atoms with van der Waals surface area (Å²) in [4.78, 5) is 11.3. The Morgan fingerprint density at radius 3 is 2.50 bits per heavy atom. The molecule has 0 aromatic heterocycles. The standard InChI is InChI=1S/C12H13NO4S/c1-3-9-13(10-12(14)17-2)18(15,16)11-7-5-4-6-8-11/h1,4-8H,9-10H2,2H3. The van der Waals surface area contributed by atoms with E-state index in [9.17, 15) is 13.2 Å². The van der Waals surface area contributed by atoms with Crippen molar-refractivity contribution >= 4 is 16.0 Å². The second-order valence-corrected chi connectivity index (χ2v) is 5.30. The van der Waals surface area contributed by atoms with E-state index >= 15 is 0 Å². The van der Waals surface area contributed by atoms with Gasteiger partial charge in [0.1, 0.15) is 6.54 Å². The van der Waals surface area contributed by atoms with E-state index in [2.05, 4.69) is 10.7 Å². The third kappa shape index (κ3) is 3.32. The fraction of sp³-hybridized carbons (Fsp3) is 0.250. The normalized spacial score (nSPS) is 10.9. The summed E-state index contributed by atoms with van der Waals surface area (Å²) in [5.41, 5.74) is 0. The third-order valence-corrected chi connectivity index (χ3v) is 3.99. The van der Waals surface area contributed by atoms with Crippen LogP contribution in [0.5, 0.6) is 0 Å². The van der Waals surface area contributed by atoms with Crippen LogP contribution >= 0.6 is 0 Å². The first-order valence-corrected chi connectivity index (χ1v) is 6.52. The zero-order valence-corrected chi connectivity index (χ0v) is 10.7. The fourth-order valence-corrected chi connectivity index (χ4v) is 2.60. The van der Waals surface area contributed by atoms with Crippen LogP contribution in [-0.4, -0.2) is 38.9 Å². The maximum atomic E-state index is 12.2. The first kappa shape index (κ1) is 14.2. The molecule has 6 heteroatoms. The first-order chi connectivity index (χ1) is 8.52. The maximum Gasteiger partial charge on any atom is 0.321 e. The van der Waals surface area contributed by atoms with Gasteiger partial charge in [-0.3, -0.25) is 4.79 Å². The molecule has 1 aromatic carbocycles. The highest BCUT2D eigenvalue weighted by Gasteiger charge is 2.25. The van der Waals surface area contributed by atoms with Gasteiger partial charge >= 0.3 is 5.97 Å². The summed E-state index contributed by atoms with van der Waals surface area (Å²) in [5.74, 6) is 1.55. The molecule has 1 aromatic rings. The number of nitrogens with zero attached hydrogens (tertiary/aromatic N) is 1. The zero-order chi connectivity index (χ0) is 13.6. The van der Waals surface area contributed by atoms with Gasteiger partial charge in [0.15, 0.2) is 0 Å². The maximum absolute atomic E-state index is 12.2. The van der Waals surface area contributed by atoms with Crippen molar-refractivity contribution in [3.05, 3.63) is 30.3 Å². The number of benzene rings is 1. The molecule has 0 aliphatic heterocycles. The third-order valence-electron chi connectivity index (χ3n) is 2.18. The minimum atomic E-state index is -3.78. The topological polar surface area (TPSA) is 63.7 Å². The molecule has 0 atom stereocenters. The molecule has 0 fully saturated rings. The molecule has 18 heavy (non-hydrogen) atoms. The lowest BCUT2D eigenvalue weighted by Gasteiger charge is -2.18. The van der Waals surface area contributed by atoms with Gasteiger partial charge in [-0.1, -0.05) is 24.1 Å². The predicted octanol–water partition coefficient (Wildman–Crippen LogP) is 0.483. The lowest BCUT2D eigenvalue weighted by molar-refractivity contribution is -0.140. The number of carbonyl (C=O) groups is 1. The molecule has 1 rings (SSSR count). The highest BCUT2D eigenvalue weighted by molar-refractivity contribution is 7.89. The molecule has 5 nitrogen and oxygen atoms in total. The van der Waals surface area contributed by atoms with E-state index in [0.717, 1.165) is 4.31 Å². The average Bonchev–Trinajstić information content (AvgIpc) is 2.39. The van der Waals surface area contributed by atoms with E-state index in [-0.39, 0.29) is 11.4 Å². The van der Waals surface area contributed by atoms with Gasteiger partial charge in [0.25, 0.3) is 0 Å². The van der Waals surface area contributed by atoms with Crippen LogP contribution in [0.15, 0.2) is 35.2 Å². The number of carbonyl (C=O) groups excluding carboxylic acids is 1. The number of esters is 1. The molecule has 0 unspecified atom stereocenters. The van der Waals surface area contributed by atoms with Gasteiger partial charge in [-0.2, -0.15) is 4.31 Å². The van der Waals surface area contributed by atoms with Crippen LogP contribution in [0.2, 0.25) is 0 Å². The van der Waals surface area contributed by atoms with Crippen molar-refractivity contribution in [1.82, 2.24) is 4.31 Å². The van der Waals surface area contributed by atoms with Crippen LogP contribution in [0, 0.1) is 12.3 Å². The highest BCUT2D eigenvalue weighted by atomic mass is 32.2. The quantitative estimate of drug-likeness (QED) is 0.575. The van der Waals surface area contributed by atoms with Crippen LogP contribution in [0.25, 0.3) is 0 Å². The lowest BCUT2D eigenvalue weighted by Crippen LogP contribution is -2.36. The Morgan fingerprint density at radius 2 is 2.00 bits per heavy atom. The Bertz CT molecular complexity index is 545. The van der Waals surface area contributed by atoms with Crippen LogP contribution < -0.4 is 0 Å². The van der Waals surface area contributed by atoms with E-state index in [4.69, 9.17) is 6.42 Å². The molecule has 0 bridgehead atoms. The molecule has 0 saturated heterocycles. The molecule has 96 valence electrons. The minimum Gasteiger partial charge on any atom is -0.468 e. The molecule has 0 saturated carbocycles. The lowest BCUT2D eigenvalue weighted by atomic mass is 10.4. The first-order valence-electron chi connectivity index (χ1n) is 5.08. The van der Waals surface area contributed by atoms with Crippen molar-refractivity contribution in [2.24, 2.45) is 0 Å². The van der Waals surface area contributed by atoms with Gasteiger partial charge < -0.3 is 4.74 Å². The molecule has 0 aliphatic rings. The molecule has 0 aliphatic carbocycles. The number of rotatable bonds is 5. The Labute approximate surface area is 106 Å². The monoisotopic (exact) mass is 267 g/mol. The van der Waals surface area contributed by atoms with Crippen molar-refractivity contribution < 1.29 is 17.9 Å². The fourth-order valence-electron chi connectivity index (χ4n) is 1.28. The van der Waals surface area contributed by atoms with Crippen LogP contribution in [0.3, 0.4) is 0 Å². The van der Waals surface area contributed by atoms with Crippen molar-refractivity contribution in [2.75, 3.05) is 20.2 Å². The summed E-state index contributed by atoms with van der Waals surface area (Å²) >= 11 is 0.